The summed E-state index contributed by atoms with van der Waals surface area (Å²) >= 11 is 0. The molecule has 0 radical (unpaired) electrons. The SMILES string of the molecule is N#Cc1ccc2c(c1)c1ccccc1n2-c1cc(-c2ccccc2)cc(-c2ccc(-n3c4ccccc4c4ccccc43)c(C#N)c2)c1. The Balaban J connectivity index is 1.28. The van der Waals surface area contributed by atoms with E-state index in [-0.39, 0.29) is 0 Å². The van der Waals surface area contributed by atoms with Crippen LogP contribution in [0.3, 0.4) is 0 Å². The molecule has 0 amide bonds. The van der Waals surface area contributed by atoms with Crippen LogP contribution >= 0.6 is 0 Å². The predicted octanol–water partition coefficient (Wildman–Crippen LogP) is 11.0. The first kappa shape index (κ1) is 27.4. The van der Waals surface area contributed by atoms with Crippen LogP contribution in [0.15, 0.2) is 158 Å². The van der Waals surface area contributed by atoms with Gasteiger partial charge < -0.3 is 9.13 Å². The molecule has 7 aromatic carbocycles. The average molecular weight is 611 g/mol. The molecule has 0 aliphatic rings. The van der Waals surface area contributed by atoms with E-state index in [4.69, 9.17) is 0 Å². The van der Waals surface area contributed by atoms with E-state index in [9.17, 15) is 10.5 Å². The molecule has 0 aliphatic carbocycles. The van der Waals surface area contributed by atoms with Crippen LogP contribution in [0.25, 0.3) is 77.2 Å². The summed E-state index contributed by atoms with van der Waals surface area (Å²) in [6, 6.07) is 59.0. The molecule has 0 spiro atoms. The first-order chi connectivity index (χ1) is 23.7. The van der Waals surface area contributed by atoms with Crippen LogP contribution in [0.1, 0.15) is 11.1 Å². The van der Waals surface area contributed by atoms with E-state index in [1.807, 2.05) is 48.5 Å². The number of benzene rings is 7. The number of aromatic nitrogens is 2. The third-order valence-electron chi connectivity index (χ3n) is 9.36. The van der Waals surface area contributed by atoms with Gasteiger partial charge in [-0.05, 0) is 89.0 Å². The zero-order valence-corrected chi connectivity index (χ0v) is 25.8. The van der Waals surface area contributed by atoms with Crippen LogP contribution in [0, 0.1) is 22.7 Å². The highest BCUT2D eigenvalue weighted by Gasteiger charge is 2.18. The third kappa shape index (κ3) is 4.22. The van der Waals surface area contributed by atoms with E-state index < -0.39 is 0 Å². The van der Waals surface area contributed by atoms with Crippen LogP contribution in [-0.4, -0.2) is 9.13 Å². The highest BCUT2D eigenvalue weighted by atomic mass is 15.0. The summed E-state index contributed by atoms with van der Waals surface area (Å²) in [6.45, 7) is 0. The number of nitrogens with zero attached hydrogens (tertiary/aromatic N) is 4. The number of nitriles is 2. The Morgan fingerprint density at radius 2 is 0.938 bits per heavy atom. The van der Waals surface area contributed by atoms with Crippen molar-refractivity contribution in [3.63, 3.8) is 0 Å². The summed E-state index contributed by atoms with van der Waals surface area (Å²) in [5.41, 5.74) is 11.5. The lowest BCUT2D eigenvalue weighted by Gasteiger charge is -2.15. The van der Waals surface area contributed by atoms with Gasteiger partial charge in [0.05, 0.1) is 45.0 Å². The minimum Gasteiger partial charge on any atom is -0.309 e. The van der Waals surface area contributed by atoms with Crippen LogP contribution < -0.4 is 0 Å². The molecule has 9 aromatic rings. The molecule has 0 bridgehead atoms. The predicted molar refractivity (Wildman–Crippen MR) is 195 cm³/mol. The van der Waals surface area contributed by atoms with E-state index in [2.05, 4.69) is 130 Å². The van der Waals surface area contributed by atoms with Gasteiger partial charge in [0, 0.05) is 27.2 Å². The highest BCUT2D eigenvalue weighted by molar-refractivity contribution is 6.10. The van der Waals surface area contributed by atoms with Gasteiger partial charge in [0.25, 0.3) is 0 Å². The molecule has 2 aromatic heterocycles. The monoisotopic (exact) mass is 610 g/mol. The summed E-state index contributed by atoms with van der Waals surface area (Å²) < 4.78 is 4.48. The number of hydrogen-bond acceptors (Lipinski definition) is 2. The van der Waals surface area contributed by atoms with Crippen LogP contribution in [0.2, 0.25) is 0 Å². The molecule has 0 unspecified atom stereocenters. The minimum absolute atomic E-state index is 0.603. The van der Waals surface area contributed by atoms with Gasteiger partial charge in [-0.3, -0.25) is 0 Å². The Kier molecular flexibility index (Phi) is 6.22. The third-order valence-corrected chi connectivity index (χ3v) is 9.36. The summed E-state index contributed by atoms with van der Waals surface area (Å²) in [7, 11) is 0. The first-order valence-electron chi connectivity index (χ1n) is 15.9. The summed E-state index contributed by atoms with van der Waals surface area (Å²) in [6.07, 6.45) is 0. The second-order valence-corrected chi connectivity index (χ2v) is 12.0. The number of fused-ring (bicyclic) bond motifs is 6. The van der Waals surface area contributed by atoms with Crippen molar-refractivity contribution in [1.29, 1.82) is 10.5 Å². The van der Waals surface area contributed by atoms with Crippen molar-refractivity contribution in [3.05, 3.63) is 169 Å². The van der Waals surface area contributed by atoms with Gasteiger partial charge >= 0.3 is 0 Å². The maximum absolute atomic E-state index is 10.6. The second-order valence-electron chi connectivity index (χ2n) is 12.0. The molecule has 0 saturated heterocycles. The van der Waals surface area contributed by atoms with Crippen molar-refractivity contribution in [1.82, 2.24) is 9.13 Å². The fraction of sp³-hybridized carbons (Fsp3) is 0. The Labute approximate surface area is 277 Å². The van der Waals surface area contributed by atoms with Crippen LogP contribution in [0.4, 0.5) is 0 Å². The first-order valence-corrected chi connectivity index (χ1v) is 15.9. The van der Waals surface area contributed by atoms with Crippen LogP contribution in [-0.2, 0) is 0 Å². The Hall–Kier alpha value is -6.88. The zero-order valence-electron chi connectivity index (χ0n) is 25.8. The Morgan fingerprint density at radius 3 is 1.58 bits per heavy atom. The smallest absolute Gasteiger partial charge is 0.101 e. The minimum atomic E-state index is 0.603. The lowest BCUT2D eigenvalue weighted by atomic mass is 9.96. The van der Waals surface area contributed by atoms with Gasteiger partial charge in [0.15, 0.2) is 0 Å². The topological polar surface area (TPSA) is 57.4 Å². The quantitative estimate of drug-likeness (QED) is 0.199. The molecule has 48 heavy (non-hydrogen) atoms. The number of hydrogen-bond donors (Lipinski definition) is 0. The molecule has 0 saturated carbocycles. The molecule has 0 N–H and O–H groups in total. The van der Waals surface area contributed by atoms with Gasteiger partial charge in [-0.15, -0.1) is 0 Å². The summed E-state index contributed by atoms with van der Waals surface area (Å²) in [4.78, 5) is 0. The standard InChI is InChI=1S/C44H26N4/c45-27-29-18-20-44-39(22-29)38-14-6-7-15-41(38)47(44)35-25-32(30-10-2-1-3-11-30)24-33(26-35)31-19-21-40(34(23-31)28-46)48-42-16-8-4-12-36(42)37-13-5-9-17-43(37)48/h1-26H. The van der Waals surface area contributed by atoms with E-state index in [0.717, 1.165) is 77.2 Å². The van der Waals surface area contributed by atoms with Crippen molar-refractivity contribution in [2.45, 2.75) is 0 Å². The lowest BCUT2D eigenvalue weighted by molar-refractivity contribution is 1.17. The van der Waals surface area contributed by atoms with Gasteiger partial charge in [-0.2, -0.15) is 10.5 Å². The van der Waals surface area contributed by atoms with Gasteiger partial charge in [0.1, 0.15) is 6.07 Å². The summed E-state index contributed by atoms with van der Waals surface area (Å²) in [5, 5.41) is 24.7. The van der Waals surface area contributed by atoms with Gasteiger partial charge in [-0.1, -0.05) is 91.0 Å². The Morgan fingerprint density at radius 1 is 0.375 bits per heavy atom. The van der Waals surface area contributed by atoms with E-state index in [0.29, 0.717) is 11.1 Å². The largest absolute Gasteiger partial charge is 0.309 e. The van der Waals surface area contributed by atoms with E-state index in [1.165, 1.54) is 0 Å². The zero-order chi connectivity index (χ0) is 32.2. The molecule has 0 atom stereocenters. The highest BCUT2D eigenvalue weighted by Crippen LogP contribution is 2.38. The molecule has 0 fully saturated rings. The normalized spacial score (nSPS) is 11.3. The maximum Gasteiger partial charge on any atom is 0.101 e. The Bertz CT molecular complexity index is 2750. The fourth-order valence-corrected chi connectivity index (χ4v) is 7.21. The van der Waals surface area contributed by atoms with Gasteiger partial charge in [-0.25, -0.2) is 0 Å². The van der Waals surface area contributed by atoms with Crippen molar-refractivity contribution in [3.8, 4) is 45.8 Å². The lowest BCUT2D eigenvalue weighted by Crippen LogP contribution is -1.99. The van der Waals surface area contributed by atoms with Crippen molar-refractivity contribution >= 4 is 43.6 Å². The molecule has 2 heterocycles. The molecule has 4 heteroatoms. The average Bonchev–Trinajstić information content (AvgIpc) is 3.67. The molecule has 9 rings (SSSR count). The number of rotatable bonds is 4. The van der Waals surface area contributed by atoms with Gasteiger partial charge in [0.2, 0.25) is 0 Å². The van der Waals surface area contributed by atoms with Crippen molar-refractivity contribution in [2.75, 3.05) is 0 Å². The second kappa shape index (κ2) is 10.9. The number of para-hydroxylation sites is 3. The summed E-state index contributed by atoms with van der Waals surface area (Å²) in [5.74, 6) is 0. The van der Waals surface area contributed by atoms with E-state index >= 15 is 0 Å². The molecular formula is C44H26N4. The molecule has 222 valence electrons. The fourth-order valence-electron chi connectivity index (χ4n) is 7.21. The maximum atomic E-state index is 10.6. The van der Waals surface area contributed by atoms with Crippen molar-refractivity contribution < 1.29 is 0 Å². The van der Waals surface area contributed by atoms with Crippen LogP contribution in [0.5, 0.6) is 0 Å². The molecule has 4 nitrogen and oxygen atoms in total. The van der Waals surface area contributed by atoms with Crippen molar-refractivity contribution in [2.24, 2.45) is 0 Å². The molecular weight excluding hydrogens is 585 g/mol. The molecule has 0 aliphatic heterocycles. The van der Waals surface area contributed by atoms with E-state index in [1.54, 1.807) is 0 Å².